The van der Waals surface area contributed by atoms with Gasteiger partial charge in [-0.05, 0) is 67.6 Å². The lowest BCUT2D eigenvalue weighted by Gasteiger charge is -2.14. The van der Waals surface area contributed by atoms with E-state index in [-0.39, 0.29) is 17.2 Å². The number of anilines is 1. The minimum atomic E-state index is -0.268. The van der Waals surface area contributed by atoms with Crippen LogP contribution in [0.15, 0.2) is 88.8 Å². The molecule has 0 spiro atoms. The minimum Gasteiger partial charge on any atom is -0.497 e. The van der Waals surface area contributed by atoms with Crippen molar-refractivity contribution in [3.8, 4) is 34.2 Å². The third-order valence-electron chi connectivity index (χ3n) is 5.40. The second-order valence-electron chi connectivity index (χ2n) is 7.79. The molecule has 1 amide bonds. The summed E-state index contributed by atoms with van der Waals surface area (Å²) in [6.45, 7) is 2.37. The molecule has 0 bridgehead atoms. The number of benzene rings is 3. The Labute approximate surface area is 219 Å². The third kappa shape index (κ3) is 6.31. The van der Waals surface area contributed by atoms with E-state index >= 15 is 0 Å². The molecule has 1 aromatic heterocycles. The lowest BCUT2D eigenvalue weighted by molar-refractivity contribution is -0.113. The molecule has 1 heterocycles. The van der Waals surface area contributed by atoms with Crippen molar-refractivity contribution in [1.29, 1.82) is 0 Å². The van der Waals surface area contributed by atoms with Gasteiger partial charge in [0.2, 0.25) is 5.91 Å². The van der Waals surface area contributed by atoms with Crippen molar-refractivity contribution < 1.29 is 19.0 Å². The maximum absolute atomic E-state index is 13.3. The highest BCUT2D eigenvalue weighted by Crippen LogP contribution is 2.27. The van der Waals surface area contributed by atoms with Crippen LogP contribution in [0.3, 0.4) is 0 Å². The van der Waals surface area contributed by atoms with Crippen LogP contribution in [-0.2, 0) is 4.79 Å². The van der Waals surface area contributed by atoms with Crippen LogP contribution in [-0.4, -0.2) is 42.0 Å². The predicted octanol–water partition coefficient (Wildman–Crippen LogP) is 5.05. The fourth-order valence-electron chi connectivity index (χ4n) is 3.60. The zero-order chi connectivity index (χ0) is 26.2. The second kappa shape index (κ2) is 12.1. The van der Waals surface area contributed by atoms with Gasteiger partial charge in [-0.25, -0.2) is 4.98 Å². The van der Waals surface area contributed by atoms with Crippen LogP contribution in [0.5, 0.6) is 17.2 Å². The van der Waals surface area contributed by atoms with Crippen LogP contribution < -0.4 is 25.1 Å². The summed E-state index contributed by atoms with van der Waals surface area (Å²) in [6, 6.07) is 23.1. The molecule has 0 aliphatic carbocycles. The molecule has 37 heavy (non-hydrogen) atoms. The minimum absolute atomic E-state index is 0.0368. The van der Waals surface area contributed by atoms with Crippen LogP contribution in [0.25, 0.3) is 16.9 Å². The topological polar surface area (TPSA) is 91.7 Å². The molecular formula is C28H27N3O5S. The number of para-hydroxylation sites is 2. The maximum Gasteiger partial charge on any atom is 0.259 e. The number of hydrogen-bond acceptors (Lipinski definition) is 7. The number of methoxy groups -OCH3 is 2. The first-order valence-corrected chi connectivity index (χ1v) is 12.6. The average molecular weight is 518 g/mol. The number of hydrogen-bond donors (Lipinski definition) is 1. The monoisotopic (exact) mass is 517 g/mol. The molecule has 4 aromatic rings. The summed E-state index contributed by atoms with van der Waals surface area (Å²) in [7, 11) is 3.17. The standard InChI is InChI=1S/C28H27N3O5S/c1-4-36-25-8-6-5-7-23(25)29-26(32)18-37-28-30-24(19-9-13-21(34-2)14-10-19)17-27(33)31(28)20-11-15-22(35-3)16-12-20/h5-17H,4,18H2,1-3H3,(H,29,32). The summed E-state index contributed by atoms with van der Waals surface area (Å²) >= 11 is 1.17. The molecule has 8 nitrogen and oxygen atoms in total. The average Bonchev–Trinajstić information content (AvgIpc) is 2.93. The molecule has 4 rings (SSSR count). The first-order chi connectivity index (χ1) is 18.0. The van der Waals surface area contributed by atoms with Gasteiger partial charge in [0.25, 0.3) is 5.56 Å². The molecule has 3 aromatic carbocycles. The molecule has 0 radical (unpaired) electrons. The first kappa shape index (κ1) is 25.8. The molecule has 190 valence electrons. The van der Waals surface area contributed by atoms with Gasteiger partial charge in [-0.15, -0.1) is 0 Å². The summed E-state index contributed by atoms with van der Waals surface area (Å²) in [5.41, 5.74) is 2.20. The predicted molar refractivity (Wildman–Crippen MR) is 145 cm³/mol. The zero-order valence-corrected chi connectivity index (χ0v) is 21.6. The smallest absolute Gasteiger partial charge is 0.259 e. The van der Waals surface area contributed by atoms with Crippen molar-refractivity contribution in [2.75, 3.05) is 31.9 Å². The van der Waals surface area contributed by atoms with E-state index in [1.807, 2.05) is 43.3 Å². The summed E-state index contributed by atoms with van der Waals surface area (Å²) in [4.78, 5) is 30.9. The lowest BCUT2D eigenvalue weighted by atomic mass is 10.1. The molecule has 1 N–H and O–H groups in total. The second-order valence-corrected chi connectivity index (χ2v) is 8.73. The SMILES string of the molecule is CCOc1ccccc1NC(=O)CSc1nc(-c2ccc(OC)cc2)cc(=O)n1-c1ccc(OC)cc1. The molecular weight excluding hydrogens is 490 g/mol. The van der Waals surface area contributed by atoms with Crippen molar-refractivity contribution in [3.63, 3.8) is 0 Å². The van der Waals surface area contributed by atoms with E-state index in [0.717, 1.165) is 5.56 Å². The highest BCUT2D eigenvalue weighted by atomic mass is 32.2. The number of nitrogens with one attached hydrogen (secondary N) is 1. The van der Waals surface area contributed by atoms with Crippen molar-refractivity contribution in [3.05, 3.63) is 89.2 Å². The fraction of sp³-hybridized carbons (Fsp3) is 0.179. The van der Waals surface area contributed by atoms with Gasteiger partial charge < -0.3 is 19.5 Å². The highest BCUT2D eigenvalue weighted by Gasteiger charge is 2.16. The quantitative estimate of drug-likeness (QED) is 0.233. The van der Waals surface area contributed by atoms with Crippen molar-refractivity contribution in [1.82, 2.24) is 9.55 Å². The Morgan fingerprint density at radius 3 is 2.24 bits per heavy atom. The Balaban J connectivity index is 1.65. The Kier molecular flexibility index (Phi) is 8.48. The van der Waals surface area contributed by atoms with Gasteiger partial charge >= 0.3 is 0 Å². The summed E-state index contributed by atoms with van der Waals surface area (Å²) in [5.74, 6) is 1.76. The van der Waals surface area contributed by atoms with Crippen LogP contribution in [0.2, 0.25) is 0 Å². The van der Waals surface area contributed by atoms with Gasteiger partial charge in [0, 0.05) is 11.6 Å². The number of nitrogens with zero attached hydrogens (tertiary/aromatic N) is 2. The number of thioether (sulfide) groups is 1. The van der Waals surface area contributed by atoms with Gasteiger partial charge in [0.05, 0.1) is 43.6 Å². The Morgan fingerprint density at radius 1 is 0.946 bits per heavy atom. The van der Waals surface area contributed by atoms with E-state index in [2.05, 4.69) is 5.32 Å². The van der Waals surface area contributed by atoms with E-state index < -0.39 is 0 Å². The summed E-state index contributed by atoms with van der Waals surface area (Å²) in [5, 5.41) is 3.27. The lowest BCUT2D eigenvalue weighted by Crippen LogP contribution is -2.22. The molecule has 0 atom stereocenters. The van der Waals surface area contributed by atoms with E-state index in [1.165, 1.54) is 22.4 Å². The zero-order valence-electron chi connectivity index (χ0n) is 20.8. The molecule has 0 saturated heterocycles. The summed E-state index contributed by atoms with van der Waals surface area (Å²) < 4.78 is 17.6. The molecule has 0 fully saturated rings. The molecule has 0 saturated carbocycles. The van der Waals surface area contributed by atoms with Crippen LogP contribution in [0.1, 0.15) is 6.92 Å². The third-order valence-corrected chi connectivity index (χ3v) is 6.34. The number of carbonyl (C=O) groups is 1. The largest absolute Gasteiger partial charge is 0.497 e. The number of aromatic nitrogens is 2. The van der Waals surface area contributed by atoms with Crippen molar-refractivity contribution >= 4 is 23.4 Å². The van der Waals surface area contributed by atoms with Gasteiger partial charge in [-0.2, -0.15) is 0 Å². The molecule has 0 aliphatic heterocycles. The van der Waals surface area contributed by atoms with Crippen LogP contribution >= 0.6 is 11.8 Å². The van der Waals surface area contributed by atoms with Gasteiger partial charge in [0.15, 0.2) is 5.16 Å². The van der Waals surface area contributed by atoms with Crippen LogP contribution in [0.4, 0.5) is 5.69 Å². The fourth-order valence-corrected chi connectivity index (χ4v) is 4.42. The number of carbonyl (C=O) groups excluding carboxylic acids is 1. The normalized spacial score (nSPS) is 10.6. The first-order valence-electron chi connectivity index (χ1n) is 11.6. The molecule has 0 unspecified atom stereocenters. The van der Waals surface area contributed by atoms with E-state index in [9.17, 15) is 9.59 Å². The Hall–Kier alpha value is -4.24. The molecule has 9 heteroatoms. The maximum atomic E-state index is 13.3. The number of rotatable bonds is 10. The van der Waals surface area contributed by atoms with Gasteiger partial charge in [-0.3, -0.25) is 14.2 Å². The number of amides is 1. The summed E-state index contributed by atoms with van der Waals surface area (Å²) in [6.07, 6.45) is 0. The number of ether oxygens (including phenoxy) is 3. The molecule has 0 aliphatic rings. The van der Waals surface area contributed by atoms with Gasteiger partial charge in [-0.1, -0.05) is 23.9 Å². The van der Waals surface area contributed by atoms with Crippen molar-refractivity contribution in [2.45, 2.75) is 12.1 Å². The Bertz CT molecular complexity index is 1420. The van der Waals surface area contributed by atoms with E-state index in [0.29, 0.717) is 46.1 Å². The highest BCUT2D eigenvalue weighted by molar-refractivity contribution is 7.99. The van der Waals surface area contributed by atoms with Gasteiger partial charge in [0.1, 0.15) is 17.2 Å². The van der Waals surface area contributed by atoms with E-state index in [1.54, 1.807) is 50.6 Å². The van der Waals surface area contributed by atoms with Crippen LogP contribution in [0, 0.1) is 0 Å². The Morgan fingerprint density at radius 2 is 1.59 bits per heavy atom. The van der Waals surface area contributed by atoms with Crippen molar-refractivity contribution in [2.24, 2.45) is 0 Å². The van der Waals surface area contributed by atoms with E-state index in [4.69, 9.17) is 19.2 Å².